The van der Waals surface area contributed by atoms with Crippen molar-refractivity contribution in [1.29, 1.82) is 0 Å². The van der Waals surface area contributed by atoms with Gasteiger partial charge in [0.15, 0.2) is 5.96 Å². The highest BCUT2D eigenvalue weighted by Crippen LogP contribution is 2.20. The first-order valence-electron chi connectivity index (χ1n) is 10.1. The van der Waals surface area contributed by atoms with E-state index in [1.165, 1.54) is 28.4 Å². The summed E-state index contributed by atoms with van der Waals surface area (Å²) in [6, 6.07) is 0. The van der Waals surface area contributed by atoms with Crippen molar-refractivity contribution >= 4 is 28.6 Å². The number of likely N-dealkylation sites (tertiary alicyclic amines) is 1. The molecule has 2 N–H and O–H groups in total. The summed E-state index contributed by atoms with van der Waals surface area (Å²) in [6.07, 6.45) is 3.49. The van der Waals surface area contributed by atoms with Gasteiger partial charge in [-0.15, -0.1) is 22.7 Å². The molecule has 1 fully saturated rings. The lowest BCUT2D eigenvalue weighted by Crippen LogP contribution is -2.42. The predicted molar refractivity (Wildman–Crippen MR) is 119 cm³/mol. The van der Waals surface area contributed by atoms with E-state index in [0.29, 0.717) is 5.92 Å². The van der Waals surface area contributed by atoms with Crippen LogP contribution in [0.3, 0.4) is 0 Å². The Hall–Kier alpha value is -1.51. The zero-order valence-electron chi connectivity index (χ0n) is 17.4. The van der Waals surface area contributed by atoms with Crippen molar-refractivity contribution in [3.63, 3.8) is 0 Å². The summed E-state index contributed by atoms with van der Waals surface area (Å²) in [6.45, 7) is 11.3. The van der Waals surface area contributed by atoms with Gasteiger partial charge in [-0.2, -0.15) is 0 Å². The van der Waals surface area contributed by atoms with Gasteiger partial charge < -0.3 is 10.6 Å². The first kappa shape index (κ1) is 21.2. The predicted octanol–water partition coefficient (Wildman–Crippen LogP) is 3.36. The number of guanidine groups is 1. The van der Waals surface area contributed by atoms with E-state index >= 15 is 0 Å². The molecule has 2 aromatic rings. The molecule has 0 aromatic carbocycles. The highest BCUT2D eigenvalue weighted by molar-refractivity contribution is 7.11. The number of piperidine rings is 1. The molecule has 0 radical (unpaired) electrons. The van der Waals surface area contributed by atoms with Gasteiger partial charge in [0.1, 0.15) is 0 Å². The Kier molecular flexibility index (Phi) is 7.82. The molecule has 0 spiro atoms. The monoisotopic (exact) mass is 420 g/mol. The minimum absolute atomic E-state index is 0.698. The molecule has 0 aliphatic carbocycles. The average Bonchev–Trinajstić information content (AvgIpc) is 3.28. The number of rotatable bonds is 7. The molecule has 8 heteroatoms. The normalized spacial score (nSPS) is 16.5. The lowest BCUT2D eigenvalue weighted by atomic mass is 9.97. The van der Waals surface area contributed by atoms with Crippen LogP contribution in [-0.4, -0.2) is 47.5 Å². The fraction of sp³-hybridized carbons (Fsp3) is 0.650. The molecule has 0 unspecified atom stereocenters. The van der Waals surface area contributed by atoms with Crippen molar-refractivity contribution in [2.45, 2.75) is 53.1 Å². The number of nitrogens with zero attached hydrogens (tertiary/aromatic N) is 4. The van der Waals surface area contributed by atoms with Crippen LogP contribution in [0, 0.1) is 19.8 Å². The SMILES string of the molecule is CCc1nc(CN2CCC(CNC(=NC)NCc3sc(C)nc3C)CC2)cs1. The van der Waals surface area contributed by atoms with Crippen LogP contribution in [0.1, 0.15) is 46.0 Å². The van der Waals surface area contributed by atoms with Crippen molar-refractivity contribution < 1.29 is 0 Å². The second-order valence-corrected chi connectivity index (χ2v) is 9.58. The number of aliphatic imine (C=N–C) groups is 1. The van der Waals surface area contributed by atoms with Crippen LogP contribution in [0.5, 0.6) is 0 Å². The number of hydrogen-bond donors (Lipinski definition) is 2. The first-order valence-corrected chi connectivity index (χ1v) is 11.8. The van der Waals surface area contributed by atoms with Crippen molar-refractivity contribution in [2.24, 2.45) is 10.9 Å². The Morgan fingerprint density at radius 2 is 2.04 bits per heavy atom. The highest BCUT2D eigenvalue weighted by atomic mass is 32.1. The molecule has 154 valence electrons. The highest BCUT2D eigenvalue weighted by Gasteiger charge is 2.20. The summed E-state index contributed by atoms with van der Waals surface area (Å²) in [5.41, 5.74) is 2.35. The van der Waals surface area contributed by atoms with E-state index in [4.69, 9.17) is 4.98 Å². The quantitative estimate of drug-likeness (QED) is 0.531. The molecule has 2 aromatic heterocycles. The van der Waals surface area contributed by atoms with E-state index in [9.17, 15) is 0 Å². The van der Waals surface area contributed by atoms with Gasteiger partial charge in [-0.1, -0.05) is 6.92 Å². The maximum Gasteiger partial charge on any atom is 0.191 e. The average molecular weight is 421 g/mol. The molecule has 1 saturated heterocycles. The van der Waals surface area contributed by atoms with Crippen LogP contribution in [-0.2, 0) is 19.5 Å². The minimum atomic E-state index is 0.698. The van der Waals surface area contributed by atoms with Crippen molar-refractivity contribution in [3.8, 4) is 0 Å². The van der Waals surface area contributed by atoms with Gasteiger partial charge in [-0.05, 0) is 52.1 Å². The Balaban J connectivity index is 1.37. The third kappa shape index (κ3) is 5.99. The van der Waals surface area contributed by atoms with Crippen LogP contribution < -0.4 is 10.6 Å². The Bertz CT molecular complexity index is 774. The number of hydrogen-bond acceptors (Lipinski definition) is 6. The van der Waals surface area contributed by atoms with Gasteiger partial charge in [-0.25, -0.2) is 9.97 Å². The van der Waals surface area contributed by atoms with Crippen molar-refractivity contribution in [2.75, 3.05) is 26.7 Å². The molecule has 3 heterocycles. The van der Waals surface area contributed by atoms with Gasteiger partial charge in [0, 0.05) is 30.4 Å². The molecule has 0 atom stereocenters. The second kappa shape index (κ2) is 10.3. The Labute approximate surface area is 176 Å². The van der Waals surface area contributed by atoms with Gasteiger partial charge in [0.2, 0.25) is 0 Å². The molecule has 1 aliphatic heterocycles. The fourth-order valence-electron chi connectivity index (χ4n) is 3.52. The van der Waals surface area contributed by atoms with E-state index in [-0.39, 0.29) is 0 Å². The van der Waals surface area contributed by atoms with Crippen LogP contribution in [0.2, 0.25) is 0 Å². The van der Waals surface area contributed by atoms with Gasteiger partial charge >= 0.3 is 0 Å². The Morgan fingerprint density at radius 3 is 2.64 bits per heavy atom. The van der Waals surface area contributed by atoms with Gasteiger partial charge in [0.05, 0.1) is 27.9 Å². The zero-order chi connectivity index (χ0) is 19.9. The summed E-state index contributed by atoms with van der Waals surface area (Å²) in [5.74, 6) is 1.58. The third-order valence-corrected chi connectivity index (χ3v) is 7.31. The lowest BCUT2D eigenvalue weighted by molar-refractivity contribution is 0.176. The topological polar surface area (TPSA) is 65.4 Å². The standard InChI is InChI=1S/C20H32N6S2/c1-5-19-25-17(13-27-19)12-26-8-6-16(7-9-26)10-22-20(21-4)23-11-18-14(2)24-15(3)28-18/h13,16H,5-12H2,1-4H3,(H2,21,22,23). The molecule has 3 rings (SSSR count). The van der Waals surface area contributed by atoms with Crippen molar-refractivity contribution in [3.05, 3.63) is 31.7 Å². The zero-order valence-corrected chi connectivity index (χ0v) is 19.0. The maximum absolute atomic E-state index is 4.70. The molecule has 1 aliphatic rings. The van der Waals surface area contributed by atoms with Crippen LogP contribution in [0.15, 0.2) is 10.4 Å². The van der Waals surface area contributed by atoms with E-state index in [1.807, 2.05) is 7.05 Å². The first-order chi connectivity index (χ1) is 13.6. The molecule has 0 saturated carbocycles. The van der Waals surface area contributed by atoms with E-state index < -0.39 is 0 Å². The van der Waals surface area contributed by atoms with E-state index in [2.05, 4.69) is 51.7 Å². The molecular weight excluding hydrogens is 388 g/mol. The van der Waals surface area contributed by atoms with Crippen molar-refractivity contribution in [1.82, 2.24) is 25.5 Å². The minimum Gasteiger partial charge on any atom is -0.356 e. The summed E-state index contributed by atoms with van der Waals surface area (Å²) in [5, 5.41) is 11.5. The molecule has 6 nitrogen and oxygen atoms in total. The molecule has 28 heavy (non-hydrogen) atoms. The summed E-state index contributed by atoms with van der Waals surface area (Å²) in [7, 11) is 1.83. The smallest absolute Gasteiger partial charge is 0.191 e. The number of aryl methyl sites for hydroxylation is 3. The molecule has 0 amide bonds. The lowest BCUT2D eigenvalue weighted by Gasteiger charge is -2.31. The summed E-state index contributed by atoms with van der Waals surface area (Å²) < 4.78 is 0. The largest absolute Gasteiger partial charge is 0.356 e. The third-order valence-electron chi connectivity index (χ3n) is 5.19. The Morgan fingerprint density at radius 1 is 1.25 bits per heavy atom. The van der Waals surface area contributed by atoms with Crippen LogP contribution >= 0.6 is 22.7 Å². The van der Waals surface area contributed by atoms with E-state index in [0.717, 1.165) is 55.8 Å². The summed E-state index contributed by atoms with van der Waals surface area (Å²) in [4.78, 5) is 17.4. The number of aromatic nitrogens is 2. The molecule has 0 bridgehead atoms. The van der Waals surface area contributed by atoms with Crippen LogP contribution in [0.4, 0.5) is 0 Å². The van der Waals surface area contributed by atoms with E-state index in [1.54, 1.807) is 22.7 Å². The molecular formula is C20H32N6S2. The fourth-order valence-corrected chi connectivity index (χ4v) is 5.14. The maximum atomic E-state index is 4.70. The van der Waals surface area contributed by atoms with Gasteiger partial charge in [-0.3, -0.25) is 9.89 Å². The number of thiazole rings is 2. The second-order valence-electron chi connectivity index (χ2n) is 7.35. The van der Waals surface area contributed by atoms with Crippen LogP contribution in [0.25, 0.3) is 0 Å². The van der Waals surface area contributed by atoms with Gasteiger partial charge in [0.25, 0.3) is 0 Å². The number of nitrogens with one attached hydrogen (secondary N) is 2. The summed E-state index contributed by atoms with van der Waals surface area (Å²) >= 11 is 3.54.